The zero-order valence-corrected chi connectivity index (χ0v) is 6.57. The highest BCUT2D eigenvalue weighted by atomic mass is 31.2. The van der Waals surface area contributed by atoms with Crippen LogP contribution in [0.25, 0.3) is 0 Å². The fourth-order valence-corrected chi connectivity index (χ4v) is 0.818. The largest absolute Gasteiger partial charge is 0.338 e. The Hall–Kier alpha value is 0.350. The molecule has 0 rings (SSSR count). The van der Waals surface area contributed by atoms with Crippen LogP contribution in [0, 0.1) is 0 Å². The molecule has 0 unspecified atom stereocenters. The Morgan fingerprint density at radius 1 is 1.50 bits per heavy atom. The smallest absolute Gasteiger partial charge is 0.166 e. The van der Waals surface area contributed by atoms with Gasteiger partial charge in [0, 0.05) is 13.8 Å². The molecule has 0 amide bonds. The fraction of sp³-hybridized carbons (Fsp3) is 1.00. The molecule has 2 nitrogen and oxygen atoms in total. The zero-order valence-electron chi connectivity index (χ0n) is 5.68. The molecule has 0 spiro atoms. The van der Waals surface area contributed by atoms with E-state index in [1.165, 1.54) is 0 Å². The first-order valence-electron chi connectivity index (χ1n) is 2.72. The Bertz CT molecular complexity index is 49.7. The summed E-state index contributed by atoms with van der Waals surface area (Å²) in [5.74, 6) is 0. The number of hydrogen-bond donors (Lipinski definition) is 0. The summed E-state index contributed by atoms with van der Waals surface area (Å²) >= 11 is 0. The Morgan fingerprint density at radius 2 is 2.12 bits per heavy atom. The topological polar surface area (TPSA) is 18.5 Å². The lowest BCUT2D eigenvalue weighted by atomic mass is 10.5. The van der Waals surface area contributed by atoms with Crippen LogP contribution in [0.1, 0.15) is 13.3 Å². The highest BCUT2D eigenvalue weighted by Crippen LogP contribution is 2.31. The predicted octanol–water partition coefficient (Wildman–Crippen LogP) is 2.00. The summed E-state index contributed by atoms with van der Waals surface area (Å²) in [4.78, 5) is 0. The van der Waals surface area contributed by atoms with Crippen molar-refractivity contribution in [1.82, 2.24) is 0 Å². The molecule has 0 aliphatic carbocycles. The van der Waals surface area contributed by atoms with Crippen molar-refractivity contribution in [2.75, 3.05) is 20.4 Å². The third-order valence-corrected chi connectivity index (χ3v) is 1.79. The van der Waals surface area contributed by atoms with E-state index in [0.29, 0.717) is 0 Å². The van der Waals surface area contributed by atoms with Gasteiger partial charge in [-0.1, -0.05) is 6.92 Å². The van der Waals surface area contributed by atoms with Gasteiger partial charge in [0.1, 0.15) is 0 Å². The predicted molar refractivity (Wildman–Crippen MR) is 36.1 cm³/mol. The Labute approximate surface area is 52.1 Å². The lowest BCUT2D eigenvalue weighted by Gasteiger charge is -2.06. The van der Waals surface area contributed by atoms with Gasteiger partial charge in [-0.3, -0.25) is 0 Å². The first-order valence-corrected chi connectivity index (χ1v) is 4.34. The molecule has 8 heavy (non-hydrogen) atoms. The van der Waals surface area contributed by atoms with Crippen molar-refractivity contribution in [3.8, 4) is 0 Å². The van der Waals surface area contributed by atoms with E-state index in [9.17, 15) is 0 Å². The molecule has 0 fully saturated rings. The Morgan fingerprint density at radius 3 is 2.50 bits per heavy atom. The first kappa shape index (κ1) is 8.35. The van der Waals surface area contributed by atoms with Gasteiger partial charge in [-0.15, -0.1) is 0 Å². The van der Waals surface area contributed by atoms with Crippen LogP contribution in [0.5, 0.6) is 0 Å². The van der Waals surface area contributed by atoms with Gasteiger partial charge in [0.25, 0.3) is 0 Å². The third kappa shape index (κ3) is 4.51. The van der Waals surface area contributed by atoms with Crippen molar-refractivity contribution in [1.29, 1.82) is 0 Å². The van der Waals surface area contributed by atoms with Crippen molar-refractivity contribution in [3.05, 3.63) is 0 Å². The summed E-state index contributed by atoms with van der Waals surface area (Å²) in [7, 11) is 1.08. The van der Waals surface area contributed by atoms with Crippen molar-refractivity contribution in [3.63, 3.8) is 0 Å². The molecule has 50 valence electrons. The van der Waals surface area contributed by atoms with E-state index in [2.05, 4.69) is 6.92 Å². The van der Waals surface area contributed by atoms with E-state index >= 15 is 0 Å². The van der Waals surface area contributed by atoms with Crippen molar-refractivity contribution < 1.29 is 9.05 Å². The molecule has 0 saturated heterocycles. The summed E-state index contributed by atoms with van der Waals surface area (Å²) in [5, 5.41) is 0. The average Bonchev–Trinajstić information content (AvgIpc) is 1.83. The molecule has 3 heteroatoms. The molecular formula is C5H13O2P. The van der Waals surface area contributed by atoms with E-state index < -0.39 is 8.38 Å². The Balaban J connectivity index is 2.86. The summed E-state index contributed by atoms with van der Waals surface area (Å²) in [6.07, 6.45) is 1.07. The van der Waals surface area contributed by atoms with Crippen LogP contribution < -0.4 is 0 Å². The van der Waals surface area contributed by atoms with E-state index in [4.69, 9.17) is 9.05 Å². The van der Waals surface area contributed by atoms with Crippen LogP contribution >= 0.6 is 8.38 Å². The monoisotopic (exact) mass is 136 g/mol. The maximum atomic E-state index is 5.18. The van der Waals surface area contributed by atoms with E-state index in [1.54, 1.807) is 7.11 Å². The van der Waals surface area contributed by atoms with Crippen molar-refractivity contribution >= 4 is 8.38 Å². The third-order valence-electron chi connectivity index (χ3n) is 0.734. The Kier molecular flexibility index (Phi) is 5.73. The number of hydrogen-bond acceptors (Lipinski definition) is 2. The van der Waals surface area contributed by atoms with Gasteiger partial charge in [-0.05, 0) is 6.42 Å². The van der Waals surface area contributed by atoms with Crippen LogP contribution in [0.15, 0.2) is 0 Å². The molecule has 0 aromatic rings. The molecule has 0 radical (unpaired) electrons. The molecule has 0 bridgehead atoms. The molecule has 0 N–H and O–H groups in total. The molecule has 0 aromatic heterocycles. The molecule has 0 heterocycles. The molecule has 0 aliphatic rings. The van der Waals surface area contributed by atoms with Gasteiger partial charge in [-0.25, -0.2) is 0 Å². The minimum atomic E-state index is -0.584. The van der Waals surface area contributed by atoms with Crippen LogP contribution in [-0.2, 0) is 9.05 Å². The molecule has 0 saturated carbocycles. The summed E-state index contributed by atoms with van der Waals surface area (Å²) in [6, 6.07) is 0. The molecule has 0 aliphatic heterocycles. The van der Waals surface area contributed by atoms with E-state index in [0.717, 1.165) is 13.0 Å². The molecule has 1 atom stereocenters. The van der Waals surface area contributed by atoms with E-state index in [-0.39, 0.29) is 0 Å². The second-order valence-corrected chi connectivity index (χ2v) is 2.96. The maximum absolute atomic E-state index is 5.18. The lowest BCUT2D eigenvalue weighted by Crippen LogP contribution is -1.86. The summed E-state index contributed by atoms with van der Waals surface area (Å²) in [6.45, 7) is 4.85. The highest BCUT2D eigenvalue weighted by molar-refractivity contribution is 7.46. The minimum absolute atomic E-state index is 0.584. The average molecular weight is 136 g/mol. The maximum Gasteiger partial charge on any atom is 0.166 e. The molecule has 0 aromatic carbocycles. The van der Waals surface area contributed by atoms with E-state index in [1.807, 2.05) is 6.66 Å². The highest BCUT2D eigenvalue weighted by Gasteiger charge is 1.95. The van der Waals surface area contributed by atoms with Crippen LogP contribution in [0.3, 0.4) is 0 Å². The summed E-state index contributed by atoms with van der Waals surface area (Å²) < 4.78 is 10.1. The van der Waals surface area contributed by atoms with Crippen LogP contribution in [0.4, 0.5) is 0 Å². The second kappa shape index (κ2) is 5.49. The quantitative estimate of drug-likeness (QED) is 0.550. The van der Waals surface area contributed by atoms with Crippen molar-refractivity contribution in [2.45, 2.75) is 13.3 Å². The fourth-order valence-electron chi connectivity index (χ4n) is 0.273. The SMILES string of the molecule is CCCO[P@@](C)OC. The van der Waals surface area contributed by atoms with Crippen LogP contribution in [0.2, 0.25) is 0 Å². The van der Waals surface area contributed by atoms with Gasteiger partial charge in [-0.2, -0.15) is 0 Å². The van der Waals surface area contributed by atoms with Crippen LogP contribution in [-0.4, -0.2) is 20.4 Å². The van der Waals surface area contributed by atoms with Crippen molar-refractivity contribution in [2.24, 2.45) is 0 Å². The zero-order chi connectivity index (χ0) is 6.41. The lowest BCUT2D eigenvalue weighted by molar-refractivity contribution is 0.288. The minimum Gasteiger partial charge on any atom is -0.338 e. The van der Waals surface area contributed by atoms with Gasteiger partial charge in [0.2, 0.25) is 0 Å². The number of rotatable bonds is 4. The normalized spacial score (nSPS) is 13.9. The standard InChI is InChI=1S/C5H13O2P/c1-4-5-7-8(3)6-2/h4-5H2,1-3H3/t8-/m0/s1. The second-order valence-electron chi connectivity index (χ2n) is 1.46. The van der Waals surface area contributed by atoms with Gasteiger partial charge >= 0.3 is 0 Å². The summed E-state index contributed by atoms with van der Waals surface area (Å²) in [5.41, 5.74) is 0. The molecular weight excluding hydrogens is 123 g/mol. The first-order chi connectivity index (χ1) is 3.81. The van der Waals surface area contributed by atoms with Gasteiger partial charge < -0.3 is 9.05 Å². The van der Waals surface area contributed by atoms with Gasteiger partial charge in [0.15, 0.2) is 8.38 Å². The van der Waals surface area contributed by atoms with Gasteiger partial charge in [0.05, 0.1) is 6.61 Å².